The Morgan fingerprint density at radius 2 is 1.90 bits per heavy atom. The fourth-order valence-corrected chi connectivity index (χ4v) is 2.82. The van der Waals surface area contributed by atoms with Crippen LogP contribution in [0.4, 0.5) is 4.39 Å². The molecule has 21 heavy (non-hydrogen) atoms. The molecule has 1 atom stereocenters. The van der Waals surface area contributed by atoms with E-state index in [-0.39, 0.29) is 11.9 Å². The molecular formula is C17H18Cl2FN. The van der Waals surface area contributed by atoms with Crippen molar-refractivity contribution < 1.29 is 4.39 Å². The summed E-state index contributed by atoms with van der Waals surface area (Å²) in [4.78, 5) is 0. The topological polar surface area (TPSA) is 12.0 Å². The third-order valence-corrected chi connectivity index (χ3v) is 4.10. The molecule has 1 N–H and O–H groups in total. The standard InChI is InChI=1S/C17H18Cl2FN/c1-3-21-17(15-10-13(18)5-4-11(15)2)9-12-8-14(20)6-7-16(12)19/h4-8,10,17,21H,3,9H2,1-2H3. The molecule has 1 nitrogen and oxygen atoms in total. The van der Waals surface area contributed by atoms with Crippen LogP contribution in [0.15, 0.2) is 36.4 Å². The van der Waals surface area contributed by atoms with E-state index >= 15 is 0 Å². The first-order chi connectivity index (χ1) is 10.0. The summed E-state index contributed by atoms with van der Waals surface area (Å²) in [5, 5.41) is 4.70. The van der Waals surface area contributed by atoms with Crippen molar-refractivity contribution in [3.8, 4) is 0 Å². The Morgan fingerprint density at radius 3 is 2.62 bits per heavy atom. The average Bonchev–Trinajstić information content (AvgIpc) is 2.45. The van der Waals surface area contributed by atoms with Crippen molar-refractivity contribution in [1.29, 1.82) is 0 Å². The second kappa shape index (κ2) is 7.26. The minimum Gasteiger partial charge on any atom is -0.310 e. The number of hydrogen-bond donors (Lipinski definition) is 1. The second-order valence-corrected chi connectivity index (χ2v) is 5.89. The van der Waals surface area contributed by atoms with E-state index in [1.54, 1.807) is 6.07 Å². The van der Waals surface area contributed by atoms with E-state index in [4.69, 9.17) is 23.2 Å². The number of rotatable bonds is 5. The lowest BCUT2D eigenvalue weighted by Gasteiger charge is -2.21. The van der Waals surface area contributed by atoms with Gasteiger partial charge in [0.25, 0.3) is 0 Å². The van der Waals surface area contributed by atoms with Crippen LogP contribution in [0.3, 0.4) is 0 Å². The molecule has 112 valence electrons. The molecular weight excluding hydrogens is 308 g/mol. The fourth-order valence-electron chi connectivity index (χ4n) is 2.44. The van der Waals surface area contributed by atoms with Crippen LogP contribution in [0.2, 0.25) is 10.0 Å². The van der Waals surface area contributed by atoms with E-state index < -0.39 is 0 Å². The molecule has 0 amide bonds. The number of hydrogen-bond acceptors (Lipinski definition) is 1. The first-order valence-corrected chi connectivity index (χ1v) is 7.70. The molecule has 0 spiro atoms. The van der Waals surface area contributed by atoms with Gasteiger partial charge >= 0.3 is 0 Å². The van der Waals surface area contributed by atoms with Crippen LogP contribution in [0.1, 0.15) is 29.7 Å². The predicted molar refractivity (Wildman–Crippen MR) is 87.7 cm³/mol. The van der Waals surface area contributed by atoms with Gasteiger partial charge in [0, 0.05) is 16.1 Å². The molecule has 2 aromatic rings. The van der Waals surface area contributed by atoms with Crippen LogP contribution in [0.5, 0.6) is 0 Å². The maximum absolute atomic E-state index is 13.4. The lowest BCUT2D eigenvalue weighted by molar-refractivity contribution is 0.544. The van der Waals surface area contributed by atoms with Gasteiger partial charge in [0.2, 0.25) is 0 Å². The average molecular weight is 326 g/mol. The van der Waals surface area contributed by atoms with Crippen LogP contribution >= 0.6 is 23.2 Å². The highest BCUT2D eigenvalue weighted by Crippen LogP contribution is 2.28. The maximum atomic E-state index is 13.4. The van der Waals surface area contributed by atoms with E-state index in [2.05, 4.69) is 5.32 Å². The summed E-state index contributed by atoms with van der Waals surface area (Å²) < 4.78 is 13.4. The highest BCUT2D eigenvalue weighted by atomic mass is 35.5. The van der Waals surface area contributed by atoms with E-state index in [0.717, 1.165) is 23.2 Å². The van der Waals surface area contributed by atoms with Gasteiger partial charge in [-0.25, -0.2) is 4.39 Å². The van der Waals surface area contributed by atoms with Gasteiger partial charge in [0.15, 0.2) is 0 Å². The lowest BCUT2D eigenvalue weighted by atomic mass is 9.95. The van der Waals surface area contributed by atoms with Crippen LogP contribution in [-0.4, -0.2) is 6.54 Å². The number of nitrogens with one attached hydrogen (secondary N) is 1. The molecule has 2 aromatic carbocycles. The Hall–Kier alpha value is -1.09. The van der Waals surface area contributed by atoms with Crippen LogP contribution in [-0.2, 0) is 6.42 Å². The summed E-state index contributed by atoms with van der Waals surface area (Å²) in [6, 6.07) is 10.3. The van der Waals surface area contributed by atoms with Gasteiger partial charge in [-0.05, 0) is 66.9 Å². The Kier molecular flexibility index (Phi) is 5.63. The van der Waals surface area contributed by atoms with E-state index in [0.29, 0.717) is 16.5 Å². The van der Waals surface area contributed by atoms with Crippen molar-refractivity contribution in [3.05, 3.63) is 69.0 Å². The molecule has 0 aromatic heterocycles. The maximum Gasteiger partial charge on any atom is 0.123 e. The molecule has 0 aliphatic rings. The van der Waals surface area contributed by atoms with Crippen molar-refractivity contribution >= 4 is 23.2 Å². The first-order valence-electron chi connectivity index (χ1n) is 6.94. The largest absolute Gasteiger partial charge is 0.310 e. The van der Waals surface area contributed by atoms with Crippen LogP contribution in [0.25, 0.3) is 0 Å². The Bertz CT molecular complexity index is 628. The minimum absolute atomic E-state index is 0.0491. The van der Waals surface area contributed by atoms with Crippen molar-refractivity contribution in [3.63, 3.8) is 0 Å². The Morgan fingerprint density at radius 1 is 1.14 bits per heavy atom. The molecule has 0 aliphatic carbocycles. The monoisotopic (exact) mass is 325 g/mol. The molecule has 0 fully saturated rings. The predicted octanol–water partition coefficient (Wildman–Crippen LogP) is 5.33. The summed E-state index contributed by atoms with van der Waals surface area (Å²) in [6.07, 6.45) is 0.617. The molecule has 0 saturated heterocycles. The zero-order chi connectivity index (χ0) is 15.4. The summed E-state index contributed by atoms with van der Waals surface area (Å²) in [5.41, 5.74) is 3.06. The third-order valence-electron chi connectivity index (χ3n) is 3.50. The summed E-state index contributed by atoms with van der Waals surface area (Å²) in [6.45, 7) is 4.90. The van der Waals surface area contributed by atoms with Crippen molar-refractivity contribution in [2.24, 2.45) is 0 Å². The lowest BCUT2D eigenvalue weighted by Crippen LogP contribution is -2.24. The number of halogens is 3. The molecule has 0 radical (unpaired) electrons. The molecule has 1 unspecified atom stereocenters. The van der Waals surface area contributed by atoms with Gasteiger partial charge in [-0.3, -0.25) is 0 Å². The molecule has 4 heteroatoms. The highest BCUT2D eigenvalue weighted by Gasteiger charge is 2.16. The number of likely N-dealkylation sites (N-methyl/N-ethyl adjacent to an activating group) is 1. The summed E-state index contributed by atoms with van der Waals surface area (Å²) >= 11 is 12.3. The minimum atomic E-state index is -0.271. The van der Waals surface area contributed by atoms with Gasteiger partial charge in [-0.2, -0.15) is 0 Å². The summed E-state index contributed by atoms with van der Waals surface area (Å²) in [5.74, 6) is -0.271. The van der Waals surface area contributed by atoms with E-state index in [1.807, 2.05) is 32.0 Å². The third kappa shape index (κ3) is 4.19. The highest BCUT2D eigenvalue weighted by molar-refractivity contribution is 6.31. The van der Waals surface area contributed by atoms with E-state index in [9.17, 15) is 4.39 Å². The second-order valence-electron chi connectivity index (χ2n) is 5.05. The number of benzene rings is 2. The quantitative estimate of drug-likeness (QED) is 0.782. The SMILES string of the molecule is CCNC(Cc1cc(F)ccc1Cl)c1cc(Cl)ccc1C. The van der Waals surface area contributed by atoms with Crippen LogP contribution < -0.4 is 5.32 Å². The number of aryl methyl sites for hydroxylation is 1. The smallest absolute Gasteiger partial charge is 0.123 e. The van der Waals surface area contributed by atoms with Gasteiger partial charge in [-0.15, -0.1) is 0 Å². The Labute approximate surface area is 135 Å². The molecule has 0 heterocycles. The summed E-state index contributed by atoms with van der Waals surface area (Å²) in [7, 11) is 0. The van der Waals surface area contributed by atoms with Crippen LogP contribution in [0, 0.1) is 12.7 Å². The molecule has 0 aliphatic heterocycles. The zero-order valence-corrected chi connectivity index (χ0v) is 13.6. The van der Waals surface area contributed by atoms with Gasteiger partial charge in [0.1, 0.15) is 5.82 Å². The normalized spacial score (nSPS) is 12.4. The van der Waals surface area contributed by atoms with Gasteiger partial charge in [-0.1, -0.05) is 36.2 Å². The van der Waals surface area contributed by atoms with Gasteiger partial charge < -0.3 is 5.32 Å². The van der Waals surface area contributed by atoms with Gasteiger partial charge in [0.05, 0.1) is 0 Å². The zero-order valence-electron chi connectivity index (χ0n) is 12.1. The molecule has 2 rings (SSSR count). The van der Waals surface area contributed by atoms with Crippen molar-refractivity contribution in [2.45, 2.75) is 26.3 Å². The molecule has 0 saturated carbocycles. The molecule has 0 bridgehead atoms. The fraction of sp³-hybridized carbons (Fsp3) is 0.294. The Balaban J connectivity index is 2.35. The van der Waals surface area contributed by atoms with Crippen molar-refractivity contribution in [1.82, 2.24) is 5.32 Å². The first kappa shape index (κ1) is 16.3. The van der Waals surface area contributed by atoms with E-state index in [1.165, 1.54) is 12.1 Å². The van der Waals surface area contributed by atoms with Crippen molar-refractivity contribution in [2.75, 3.05) is 6.54 Å².